The molecule has 5 nitrogen and oxygen atoms in total. The van der Waals surface area contributed by atoms with Crippen LogP contribution < -0.4 is 20.7 Å². The number of hydrogen-bond acceptors (Lipinski definition) is 5. The van der Waals surface area contributed by atoms with E-state index in [0.717, 1.165) is 52.2 Å². The maximum Gasteiger partial charge on any atom is 0.151 e. The van der Waals surface area contributed by atoms with Gasteiger partial charge in [0, 0.05) is 42.2 Å². The molecule has 6 heteroatoms. The van der Waals surface area contributed by atoms with Gasteiger partial charge in [-0.2, -0.15) is 0 Å². The minimum absolute atomic E-state index is 0.302. The normalized spacial score (nSPS) is 19.4. The van der Waals surface area contributed by atoms with Crippen molar-refractivity contribution in [1.29, 1.82) is 0 Å². The van der Waals surface area contributed by atoms with E-state index < -0.39 is 0 Å². The molecule has 1 N–H and O–H groups in total. The lowest BCUT2D eigenvalue weighted by Crippen LogP contribution is -2.54. The maximum absolute atomic E-state index is 14.5. The van der Waals surface area contributed by atoms with Gasteiger partial charge in [-0.25, -0.2) is 4.39 Å². The first-order valence-corrected chi connectivity index (χ1v) is 11.5. The van der Waals surface area contributed by atoms with Crippen LogP contribution in [0.4, 0.5) is 10.2 Å². The van der Waals surface area contributed by atoms with Gasteiger partial charge in [-0.3, -0.25) is 4.98 Å². The molecule has 0 radical (unpaired) electrons. The number of nitrogens with zero attached hydrogens (tertiary/aromatic N) is 4. The van der Waals surface area contributed by atoms with Gasteiger partial charge in [0.1, 0.15) is 11.5 Å². The molecule has 0 bridgehead atoms. The van der Waals surface area contributed by atoms with Crippen LogP contribution in [0.15, 0.2) is 36.5 Å². The summed E-state index contributed by atoms with van der Waals surface area (Å²) in [7, 11) is 0. The molecule has 172 valence electrons. The molecular weight excluding hydrogens is 413 g/mol. The third kappa shape index (κ3) is 5.11. The highest BCUT2D eigenvalue weighted by Gasteiger charge is 2.22. The number of hydrogen-bond donors (Lipinski definition) is 1. The molecule has 3 heterocycles. The van der Waals surface area contributed by atoms with Gasteiger partial charge in [-0.1, -0.05) is 26.5 Å². The number of anilines is 1. The van der Waals surface area contributed by atoms with Crippen molar-refractivity contribution >= 4 is 18.5 Å². The van der Waals surface area contributed by atoms with Gasteiger partial charge >= 0.3 is 0 Å². The second-order valence-electron chi connectivity index (χ2n) is 9.48. The van der Waals surface area contributed by atoms with Gasteiger partial charge < -0.3 is 10.2 Å². The lowest BCUT2D eigenvalue weighted by Gasteiger charge is -2.36. The Labute approximate surface area is 195 Å². The zero-order valence-corrected chi connectivity index (χ0v) is 20.1. The molecule has 2 atom stereocenters. The predicted octanol–water partition coefficient (Wildman–Crippen LogP) is 3.69. The van der Waals surface area contributed by atoms with E-state index in [-0.39, 0.29) is 5.82 Å². The highest BCUT2D eigenvalue weighted by Crippen LogP contribution is 2.25. The molecule has 1 aliphatic rings. The Bertz CT molecular complexity index is 1240. The van der Waals surface area contributed by atoms with Crippen molar-refractivity contribution < 1.29 is 4.39 Å². The Hall–Kier alpha value is -3.12. The summed E-state index contributed by atoms with van der Waals surface area (Å²) in [4.78, 5) is 6.92. The molecule has 1 saturated heterocycles. The lowest BCUT2D eigenvalue weighted by molar-refractivity contribution is 0.404. The molecule has 1 fully saturated rings. The Morgan fingerprint density at radius 3 is 2.42 bits per heavy atom. The number of pyridine rings is 1. The van der Waals surface area contributed by atoms with Crippen LogP contribution in [0, 0.1) is 18.7 Å². The van der Waals surface area contributed by atoms with Crippen molar-refractivity contribution in [3.05, 3.63) is 58.3 Å². The first-order valence-electron chi connectivity index (χ1n) is 11.5. The molecule has 0 spiro atoms. The minimum atomic E-state index is -0.306. The topological polar surface area (TPSA) is 53.9 Å². The molecule has 33 heavy (non-hydrogen) atoms. The highest BCUT2D eigenvalue weighted by atomic mass is 19.1. The molecule has 1 aliphatic heterocycles. The first kappa shape index (κ1) is 23.1. The van der Waals surface area contributed by atoms with Crippen LogP contribution in [0.5, 0.6) is 0 Å². The van der Waals surface area contributed by atoms with Gasteiger partial charge in [0.15, 0.2) is 5.82 Å². The fraction of sp³-hybridized carbons (Fsp3) is 0.370. The molecule has 2 aromatic heterocycles. The van der Waals surface area contributed by atoms with Crippen molar-refractivity contribution in [1.82, 2.24) is 20.5 Å². The Balaban J connectivity index is 1.62. The molecule has 0 amide bonds. The van der Waals surface area contributed by atoms with Crippen molar-refractivity contribution in [2.75, 3.05) is 18.0 Å². The van der Waals surface area contributed by atoms with E-state index >= 15 is 0 Å². The Kier molecular flexibility index (Phi) is 6.56. The number of piperazine rings is 1. The standard InChI is InChI=1S/C27H32FN5/c1-16(2)9-21-11-22(12-24(28)20(21)6)23-10-17(3)27(29-13-23)25-7-8-26(32-31-25)33-14-18(4)30-19(5)15-33/h7-13,16,18-19,30H,6,14-15H2,1-5H3/b21-9-. The molecule has 3 aromatic rings. The molecule has 0 saturated carbocycles. The zero-order valence-electron chi connectivity index (χ0n) is 20.1. The summed E-state index contributed by atoms with van der Waals surface area (Å²) in [5.41, 5.74) is 4.13. The van der Waals surface area contributed by atoms with E-state index in [1.165, 1.54) is 6.07 Å². The predicted molar refractivity (Wildman–Crippen MR) is 134 cm³/mol. The van der Waals surface area contributed by atoms with Crippen LogP contribution in [0.2, 0.25) is 0 Å². The zero-order chi connectivity index (χ0) is 23.7. The largest absolute Gasteiger partial charge is 0.352 e. The van der Waals surface area contributed by atoms with Crippen molar-refractivity contribution in [3.63, 3.8) is 0 Å². The monoisotopic (exact) mass is 445 g/mol. The summed E-state index contributed by atoms with van der Waals surface area (Å²) in [5, 5.41) is 13.7. The average molecular weight is 446 g/mol. The summed E-state index contributed by atoms with van der Waals surface area (Å²) < 4.78 is 14.5. The van der Waals surface area contributed by atoms with Crippen molar-refractivity contribution in [3.8, 4) is 22.5 Å². The molecule has 0 aliphatic carbocycles. The van der Waals surface area contributed by atoms with Crippen molar-refractivity contribution in [2.45, 2.75) is 46.7 Å². The van der Waals surface area contributed by atoms with Gasteiger partial charge in [0.2, 0.25) is 0 Å². The van der Waals surface area contributed by atoms with Gasteiger partial charge in [-0.15, -0.1) is 10.2 Å². The Morgan fingerprint density at radius 2 is 1.82 bits per heavy atom. The highest BCUT2D eigenvalue weighted by molar-refractivity contribution is 5.68. The SMILES string of the molecule is C=c1c(F)cc(-c2cnc(-c3ccc(N4CC(C)NC(C)C4)nn3)c(C)c2)c/c1=C/C(C)C. The Morgan fingerprint density at radius 1 is 1.09 bits per heavy atom. The summed E-state index contributed by atoms with van der Waals surface area (Å²) in [6.07, 6.45) is 3.80. The number of benzene rings is 1. The van der Waals surface area contributed by atoms with Gasteiger partial charge in [0.05, 0.1) is 5.69 Å². The molecular formula is C27H32FN5. The number of aryl methyl sites for hydroxylation is 1. The van der Waals surface area contributed by atoms with Gasteiger partial charge in [-0.05, 0) is 73.4 Å². The fourth-order valence-electron chi connectivity index (χ4n) is 4.47. The van der Waals surface area contributed by atoms with Crippen LogP contribution >= 0.6 is 0 Å². The maximum atomic E-state index is 14.5. The van der Waals surface area contributed by atoms with Gasteiger partial charge in [0.25, 0.3) is 0 Å². The van der Waals surface area contributed by atoms with E-state index in [1.807, 2.05) is 37.3 Å². The second kappa shape index (κ2) is 9.40. The summed E-state index contributed by atoms with van der Waals surface area (Å²) in [5.74, 6) is 0.876. The third-order valence-electron chi connectivity index (χ3n) is 5.93. The lowest BCUT2D eigenvalue weighted by atomic mass is 10.0. The van der Waals surface area contributed by atoms with Crippen LogP contribution in [-0.2, 0) is 0 Å². The van der Waals surface area contributed by atoms with E-state index in [9.17, 15) is 4.39 Å². The molecule has 4 rings (SSSR count). The summed E-state index contributed by atoms with van der Waals surface area (Å²) in [6, 6.07) is 10.3. The van der Waals surface area contributed by atoms with E-state index in [4.69, 9.17) is 0 Å². The number of rotatable bonds is 4. The average Bonchev–Trinajstić information content (AvgIpc) is 2.76. The van der Waals surface area contributed by atoms with Crippen LogP contribution in [0.1, 0.15) is 33.3 Å². The molecule has 2 unspecified atom stereocenters. The first-order chi connectivity index (χ1) is 15.7. The number of aromatic nitrogens is 3. The van der Waals surface area contributed by atoms with E-state index in [1.54, 1.807) is 6.20 Å². The van der Waals surface area contributed by atoms with Crippen LogP contribution in [-0.4, -0.2) is 40.4 Å². The van der Waals surface area contributed by atoms with E-state index in [2.05, 4.69) is 59.7 Å². The third-order valence-corrected chi connectivity index (χ3v) is 5.93. The second-order valence-corrected chi connectivity index (χ2v) is 9.48. The quantitative estimate of drug-likeness (QED) is 0.664. The smallest absolute Gasteiger partial charge is 0.151 e. The fourth-order valence-corrected chi connectivity index (χ4v) is 4.47. The van der Waals surface area contributed by atoms with E-state index in [0.29, 0.717) is 23.2 Å². The number of nitrogens with one attached hydrogen (secondary N) is 1. The van der Waals surface area contributed by atoms with Crippen LogP contribution in [0.25, 0.3) is 35.2 Å². The summed E-state index contributed by atoms with van der Waals surface area (Å²) >= 11 is 0. The van der Waals surface area contributed by atoms with Crippen molar-refractivity contribution in [2.24, 2.45) is 5.92 Å². The number of halogens is 1. The van der Waals surface area contributed by atoms with Crippen LogP contribution in [0.3, 0.4) is 0 Å². The molecule has 1 aromatic carbocycles. The summed E-state index contributed by atoms with van der Waals surface area (Å²) in [6.45, 7) is 16.2. The minimum Gasteiger partial charge on any atom is -0.352 e.